The number of nitrogens with one attached hydrogen (secondary N) is 1. The van der Waals surface area contributed by atoms with Gasteiger partial charge in [-0.15, -0.1) is 11.3 Å². The molecule has 0 fully saturated rings. The number of anilines is 1. The van der Waals surface area contributed by atoms with Crippen LogP contribution in [0.4, 0.5) is 5.13 Å². The lowest BCUT2D eigenvalue weighted by Crippen LogP contribution is -2.12. The van der Waals surface area contributed by atoms with Gasteiger partial charge in [-0.2, -0.15) is 0 Å². The van der Waals surface area contributed by atoms with Gasteiger partial charge in [-0.25, -0.2) is 4.98 Å². The van der Waals surface area contributed by atoms with Crippen molar-refractivity contribution in [1.82, 2.24) is 14.5 Å². The maximum absolute atomic E-state index is 12.6. The molecule has 24 heavy (non-hydrogen) atoms. The molecule has 1 amide bonds. The summed E-state index contributed by atoms with van der Waals surface area (Å²) in [6.45, 7) is 0. The largest absolute Gasteiger partial charge is 0.351 e. The Kier molecular flexibility index (Phi) is 3.59. The molecule has 4 rings (SSSR count). The Morgan fingerprint density at radius 3 is 2.96 bits per heavy atom. The van der Waals surface area contributed by atoms with Crippen molar-refractivity contribution in [2.24, 2.45) is 7.05 Å². The van der Waals surface area contributed by atoms with Crippen LogP contribution < -0.4 is 5.32 Å². The van der Waals surface area contributed by atoms with Crippen LogP contribution in [0.1, 0.15) is 10.4 Å². The first kappa shape index (κ1) is 14.6. The highest BCUT2D eigenvalue weighted by Crippen LogP contribution is 2.25. The number of carbonyl (C=O) groups excluding carboxylic acids is 1. The molecule has 3 heterocycles. The summed E-state index contributed by atoms with van der Waals surface area (Å²) in [6.07, 6.45) is 5.43. The summed E-state index contributed by atoms with van der Waals surface area (Å²) in [7, 11) is 1.96. The highest BCUT2D eigenvalue weighted by Gasteiger charge is 2.13. The van der Waals surface area contributed by atoms with Gasteiger partial charge in [0.15, 0.2) is 5.13 Å². The van der Waals surface area contributed by atoms with Gasteiger partial charge >= 0.3 is 0 Å². The standard InChI is InChI=1S/C18H14N4OS/c1-22-9-7-13-14(5-2-6-16(13)22)17(23)21-18-20-15(11-24-18)12-4-3-8-19-10-12/h2-11H,1H3,(H,20,21,23). The predicted molar refractivity (Wildman–Crippen MR) is 96.2 cm³/mol. The van der Waals surface area contributed by atoms with Crippen LogP contribution >= 0.6 is 11.3 Å². The van der Waals surface area contributed by atoms with Crippen molar-refractivity contribution in [1.29, 1.82) is 0 Å². The number of rotatable bonds is 3. The van der Waals surface area contributed by atoms with E-state index in [1.54, 1.807) is 12.4 Å². The van der Waals surface area contributed by atoms with Gasteiger partial charge in [-0.3, -0.25) is 15.1 Å². The van der Waals surface area contributed by atoms with Crippen molar-refractivity contribution in [2.45, 2.75) is 0 Å². The van der Waals surface area contributed by atoms with Gasteiger partial charge in [0.25, 0.3) is 5.91 Å². The summed E-state index contributed by atoms with van der Waals surface area (Å²) >= 11 is 1.40. The summed E-state index contributed by atoms with van der Waals surface area (Å²) in [5.74, 6) is -0.154. The summed E-state index contributed by atoms with van der Waals surface area (Å²) < 4.78 is 2.00. The molecule has 0 bridgehead atoms. The highest BCUT2D eigenvalue weighted by molar-refractivity contribution is 7.14. The van der Waals surface area contributed by atoms with Crippen molar-refractivity contribution in [2.75, 3.05) is 5.32 Å². The maximum atomic E-state index is 12.6. The molecule has 0 aliphatic carbocycles. The molecule has 3 aromatic heterocycles. The third-order valence-corrected chi connectivity index (χ3v) is 4.61. The molecular weight excluding hydrogens is 320 g/mol. The SMILES string of the molecule is Cn1ccc2c(C(=O)Nc3nc(-c4cccnc4)cs3)cccc21. The van der Waals surface area contributed by atoms with Gasteiger partial charge in [0, 0.05) is 53.0 Å². The molecule has 5 nitrogen and oxygen atoms in total. The van der Waals surface area contributed by atoms with E-state index < -0.39 is 0 Å². The summed E-state index contributed by atoms with van der Waals surface area (Å²) in [4.78, 5) is 21.2. The van der Waals surface area contributed by atoms with E-state index >= 15 is 0 Å². The predicted octanol–water partition coefficient (Wildman–Crippen LogP) is 3.95. The Morgan fingerprint density at radius 1 is 1.21 bits per heavy atom. The highest BCUT2D eigenvalue weighted by atomic mass is 32.1. The Labute approximate surface area is 142 Å². The minimum Gasteiger partial charge on any atom is -0.351 e. The van der Waals surface area contributed by atoms with E-state index in [-0.39, 0.29) is 5.91 Å². The molecule has 0 saturated heterocycles. The van der Waals surface area contributed by atoms with E-state index in [0.717, 1.165) is 22.2 Å². The number of hydrogen-bond donors (Lipinski definition) is 1. The monoisotopic (exact) mass is 334 g/mol. The van der Waals surface area contributed by atoms with Crippen LogP contribution in [0.5, 0.6) is 0 Å². The molecule has 6 heteroatoms. The average molecular weight is 334 g/mol. The summed E-state index contributed by atoms with van der Waals surface area (Å²) in [6, 6.07) is 11.5. The minimum atomic E-state index is -0.154. The number of carbonyl (C=O) groups is 1. The fourth-order valence-corrected chi connectivity index (χ4v) is 3.36. The van der Waals surface area contributed by atoms with E-state index in [1.165, 1.54) is 11.3 Å². The molecule has 0 saturated carbocycles. The third-order valence-electron chi connectivity index (χ3n) is 3.85. The molecule has 1 aromatic carbocycles. The first-order valence-corrected chi connectivity index (χ1v) is 8.31. The zero-order valence-electron chi connectivity index (χ0n) is 12.9. The Morgan fingerprint density at radius 2 is 2.12 bits per heavy atom. The number of pyridine rings is 1. The van der Waals surface area contributed by atoms with E-state index in [2.05, 4.69) is 15.3 Å². The van der Waals surface area contributed by atoms with E-state index in [0.29, 0.717) is 10.7 Å². The number of fused-ring (bicyclic) bond motifs is 1. The van der Waals surface area contributed by atoms with Crippen molar-refractivity contribution < 1.29 is 4.79 Å². The number of nitrogens with zero attached hydrogens (tertiary/aromatic N) is 3. The number of hydrogen-bond acceptors (Lipinski definition) is 4. The zero-order chi connectivity index (χ0) is 16.5. The van der Waals surface area contributed by atoms with Gasteiger partial charge in [0.05, 0.1) is 5.69 Å². The normalized spacial score (nSPS) is 10.9. The molecule has 118 valence electrons. The molecule has 0 aliphatic heterocycles. The van der Waals surface area contributed by atoms with Crippen LogP contribution in [-0.2, 0) is 7.05 Å². The first-order valence-electron chi connectivity index (χ1n) is 7.44. The topological polar surface area (TPSA) is 59.8 Å². The Bertz CT molecular complexity index is 1020. The van der Waals surface area contributed by atoms with E-state index in [9.17, 15) is 4.79 Å². The van der Waals surface area contributed by atoms with E-state index in [1.807, 2.05) is 59.6 Å². The van der Waals surface area contributed by atoms with Crippen molar-refractivity contribution in [3.63, 3.8) is 0 Å². The molecule has 0 spiro atoms. The second-order valence-corrected chi connectivity index (χ2v) is 6.26. The molecule has 0 radical (unpaired) electrons. The number of aryl methyl sites for hydroxylation is 1. The minimum absolute atomic E-state index is 0.154. The maximum Gasteiger partial charge on any atom is 0.258 e. The molecule has 1 N–H and O–H groups in total. The summed E-state index contributed by atoms with van der Waals surface area (Å²) in [5.41, 5.74) is 3.41. The lowest BCUT2D eigenvalue weighted by molar-refractivity contribution is 0.102. The lowest BCUT2D eigenvalue weighted by Gasteiger charge is -2.04. The van der Waals surface area contributed by atoms with Crippen molar-refractivity contribution in [3.8, 4) is 11.3 Å². The number of aromatic nitrogens is 3. The van der Waals surface area contributed by atoms with Gasteiger partial charge < -0.3 is 4.57 Å². The molecule has 4 aromatic rings. The molecule has 0 aliphatic rings. The van der Waals surface area contributed by atoms with Crippen LogP contribution in [0.25, 0.3) is 22.2 Å². The fraction of sp³-hybridized carbons (Fsp3) is 0.0556. The number of thiazole rings is 1. The van der Waals surface area contributed by atoms with Gasteiger partial charge in [0.2, 0.25) is 0 Å². The van der Waals surface area contributed by atoms with Crippen LogP contribution in [0, 0.1) is 0 Å². The zero-order valence-corrected chi connectivity index (χ0v) is 13.7. The smallest absolute Gasteiger partial charge is 0.258 e. The Hall–Kier alpha value is -2.99. The van der Waals surface area contributed by atoms with Crippen LogP contribution in [0.2, 0.25) is 0 Å². The lowest BCUT2D eigenvalue weighted by atomic mass is 10.1. The van der Waals surface area contributed by atoms with E-state index in [4.69, 9.17) is 0 Å². The second-order valence-electron chi connectivity index (χ2n) is 5.40. The van der Waals surface area contributed by atoms with Crippen LogP contribution in [-0.4, -0.2) is 20.4 Å². The average Bonchev–Trinajstić information content (AvgIpc) is 3.23. The van der Waals surface area contributed by atoms with Crippen molar-refractivity contribution in [3.05, 3.63) is 65.9 Å². The van der Waals surface area contributed by atoms with Crippen molar-refractivity contribution >= 4 is 33.3 Å². The molecular formula is C18H14N4OS. The fourth-order valence-electron chi connectivity index (χ4n) is 2.64. The number of benzene rings is 1. The quantitative estimate of drug-likeness (QED) is 0.617. The summed E-state index contributed by atoms with van der Waals surface area (Å²) in [5, 5.41) is 6.31. The van der Waals surface area contributed by atoms with Crippen LogP contribution in [0.3, 0.4) is 0 Å². The Balaban J connectivity index is 1.61. The van der Waals surface area contributed by atoms with Gasteiger partial charge in [-0.05, 0) is 30.3 Å². The second kappa shape index (κ2) is 5.90. The molecule has 0 atom stereocenters. The van der Waals surface area contributed by atoms with Gasteiger partial charge in [-0.1, -0.05) is 6.07 Å². The molecule has 0 unspecified atom stereocenters. The van der Waals surface area contributed by atoms with Gasteiger partial charge in [0.1, 0.15) is 0 Å². The van der Waals surface area contributed by atoms with Crippen LogP contribution in [0.15, 0.2) is 60.4 Å². The number of amides is 1. The third kappa shape index (κ3) is 2.57. The first-order chi connectivity index (χ1) is 11.7.